The number of carbonyl (C=O) groups is 2. The highest BCUT2D eigenvalue weighted by molar-refractivity contribution is 7.47. The van der Waals surface area contributed by atoms with Gasteiger partial charge in [-0.05, 0) is 38.5 Å². The number of carbonyl (C=O) groups excluding carboxylic acids is 2. The van der Waals surface area contributed by atoms with Gasteiger partial charge in [-0.15, -0.1) is 0 Å². The summed E-state index contributed by atoms with van der Waals surface area (Å²) in [5.74, 6) is -0.810. The minimum Gasteiger partial charge on any atom is -0.462 e. The molecular weight excluding hydrogens is 591 g/mol. The smallest absolute Gasteiger partial charge is 0.462 e. The molecule has 2 atom stereocenters. The molecule has 0 amide bonds. The van der Waals surface area contributed by atoms with E-state index in [1.807, 2.05) is 0 Å². The van der Waals surface area contributed by atoms with E-state index in [9.17, 15) is 19.0 Å². The van der Waals surface area contributed by atoms with Gasteiger partial charge in [0.05, 0.1) is 6.61 Å². The van der Waals surface area contributed by atoms with Crippen molar-refractivity contribution < 1.29 is 37.6 Å². The molecule has 266 valence electrons. The van der Waals surface area contributed by atoms with Crippen LogP contribution in [0, 0.1) is 0 Å². The largest absolute Gasteiger partial charge is 0.472 e. The van der Waals surface area contributed by atoms with E-state index in [0.717, 1.165) is 58.5 Å². The van der Waals surface area contributed by atoms with Crippen LogP contribution in [0.4, 0.5) is 0 Å². The zero-order valence-electron chi connectivity index (χ0n) is 29.3. The van der Waals surface area contributed by atoms with Crippen LogP contribution in [0.15, 0.2) is 12.2 Å². The van der Waals surface area contributed by atoms with Crippen molar-refractivity contribution >= 4 is 19.8 Å². The zero-order chi connectivity index (χ0) is 33.3. The first kappa shape index (κ1) is 43.8. The molecule has 0 aliphatic carbocycles. The van der Waals surface area contributed by atoms with Crippen molar-refractivity contribution in [3.05, 3.63) is 12.2 Å². The van der Waals surface area contributed by atoms with E-state index in [1.54, 1.807) is 0 Å². The first-order valence-electron chi connectivity index (χ1n) is 18.4. The van der Waals surface area contributed by atoms with Gasteiger partial charge in [0.1, 0.15) is 6.61 Å². The van der Waals surface area contributed by atoms with Gasteiger partial charge in [-0.2, -0.15) is 0 Å². The molecule has 0 rings (SSSR count). The van der Waals surface area contributed by atoms with E-state index >= 15 is 0 Å². The van der Waals surface area contributed by atoms with Gasteiger partial charge in [0.25, 0.3) is 0 Å². The Bertz CT molecular complexity index is 757. The van der Waals surface area contributed by atoms with Crippen molar-refractivity contribution in [3.63, 3.8) is 0 Å². The monoisotopic (exact) mass is 660 g/mol. The minimum absolute atomic E-state index is 0.224. The van der Waals surface area contributed by atoms with Crippen LogP contribution < -0.4 is 0 Å². The van der Waals surface area contributed by atoms with Crippen LogP contribution in [-0.4, -0.2) is 43.3 Å². The molecule has 0 aromatic rings. The van der Waals surface area contributed by atoms with Crippen LogP contribution >= 0.6 is 7.82 Å². The molecule has 0 saturated carbocycles. The summed E-state index contributed by atoms with van der Waals surface area (Å²) >= 11 is 0. The molecule has 0 heterocycles. The number of ether oxygens (including phenoxy) is 2. The number of esters is 2. The second-order valence-electron chi connectivity index (χ2n) is 12.4. The van der Waals surface area contributed by atoms with Crippen molar-refractivity contribution in [3.8, 4) is 0 Å². The van der Waals surface area contributed by atoms with Crippen LogP contribution in [0.1, 0.15) is 181 Å². The average molecular weight is 661 g/mol. The molecule has 1 N–H and O–H groups in total. The van der Waals surface area contributed by atoms with Crippen molar-refractivity contribution in [2.45, 2.75) is 187 Å². The summed E-state index contributed by atoms with van der Waals surface area (Å²) in [5.41, 5.74) is 0. The molecule has 0 saturated heterocycles. The summed E-state index contributed by atoms with van der Waals surface area (Å²) in [4.78, 5) is 34.2. The predicted octanol–water partition coefficient (Wildman–Crippen LogP) is 10.9. The Morgan fingerprint density at radius 1 is 0.600 bits per heavy atom. The summed E-state index contributed by atoms with van der Waals surface area (Å²) in [5, 5.41) is 0. The quantitative estimate of drug-likeness (QED) is 0.0314. The summed E-state index contributed by atoms with van der Waals surface area (Å²) in [6.45, 7) is 3.86. The molecule has 2 unspecified atom stereocenters. The molecule has 0 aromatic heterocycles. The maximum Gasteiger partial charge on any atom is 0.472 e. The highest BCUT2D eigenvalue weighted by Crippen LogP contribution is 2.42. The number of phosphoric ester groups is 1. The van der Waals surface area contributed by atoms with E-state index < -0.39 is 26.5 Å². The van der Waals surface area contributed by atoms with Gasteiger partial charge in [0.2, 0.25) is 0 Å². The topological polar surface area (TPSA) is 108 Å². The lowest BCUT2D eigenvalue weighted by atomic mass is 10.1. The van der Waals surface area contributed by atoms with Crippen molar-refractivity contribution in [2.75, 3.05) is 20.3 Å². The van der Waals surface area contributed by atoms with Crippen molar-refractivity contribution in [1.82, 2.24) is 0 Å². The van der Waals surface area contributed by atoms with Gasteiger partial charge >= 0.3 is 19.8 Å². The number of allylic oxidation sites excluding steroid dienone is 2. The Hall–Kier alpha value is -1.21. The van der Waals surface area contributed by atoms with E-state index in [1.165, 1.54) is 96.3 Å². The molecule has 0 spiro atoms. The molecule has 0 aromatic carbocycles. The van der Waals surface area contributed by atoms with Crippen LogP contribution in [0.3, 0.4) is 0 Å². The number of unbranched alkanes of at least 4 members (excludes halogenated alkanes) is 21. The summed E-state index contributed by atoms with van der Waals surface area (Å²) in [6.07, 6.45) is 32.6. The van der Waals surface area contributed by atoms with Crippen LogP contribution in [0.2, 0.25) is 0 Å². The number of rotatable bonds is 34. The maximum absolute atomic E-state index is 12.4. The lowest BCUT2D eigenvalue weighted by Gasteiger charge is -2.19. The molecule has 45 heavy (non-hydrogen) atoms. The summed E-state index contributed by atoms with van der Waals surface area (Å²) in [7, 11) is -3.19. The van der Waals surface area contributed by atoms with Gasteiger partial charge in [0, 0.05) is 20.0 Å². The molecule has 0 radical (unpaired) electrons. The predicted molar refractivity (Wildman–Crippen MR) is 184 cm³/mol. The maximum atomic E-state index is 12.4. The molecule has 0 aliphatic heterocycles. The van der Waals surface area contributed by atoms with Crippen LogP contribution in [0.5, 0.6) is 0 Å². The third-order valence-corrected chi connectivity index (χ3v) is 8.95. The van der Waals surface area contributed by atoms with E-state index in [-0.39, 0.29) is 19.0 Å². The van der Waals surface area contributed by atoms with Crippen molar-refractivity contribution in [1.29, 1.82) is 0 Å². The third-order valence-electron chi connectivity index (χ3n) is 8.01. The minimum atomic E-state index is -4.25. The third kappa shape index (κ3) is 32.5. The first-order valence-corrected chi connectivity index (χ1v) is 19.9. The van der Waals surface area contributed by atoms with E-state index in [4.69, 9.17) is 14.0 Å². The second-order valence-corrected chi connectivity index (χ2v) is 13.9. The van der Waals surface area contributed by atoms with Crippen LogP contribution in [-0.2, 0) is 32.7 Å². The first-order chi connectivity index (χ1) is 21.8. The number of hydrogen-bond donors (Lipinski definition) is 1. The van der Waals surface area contributed by atoms with Gasteiger partial charge in [-0.1, -0.05) is 142 Å². The highest BCUT2D eigenvalue weighted by Gasteiger charge is 2.24. The number of phosphoric acid groups is 1. The van der Waals surface area contributed by atoms with Crippen molar-refractivity contribution in [2.24, 2.45) is 0 Å². The van der Waals surface area contributed by atoms with E-state index in [0.29, 0.717) is 12.8 Å². The SMILES string of the molecule is CCCCCCCCC/C=C\CCCCCCCC(=O)OC(COC(=O)CCCCCCCCCCCC)COP(=O)(O)OC. The Morgan fingerprint density at radius 2 is 1.00 bits per heavy atom. The fourth-order valence-corrected chi connectivity index (χ4v) is 5.58. The molecular formula is C36H69O8P. The van der Waals surface area contributed by atoms with Gasteiger partial charge in [-0.25, -0.2) is 4.57 Å². The Balaban J connectivity index is 4.06. The Labute approximate surface area is 276 Å². The molecule has 9 heteroatoms. The fraction of sp³-hybridized carbons (Fsp3) is 0.889. The lowest BCUT2D eigenvalue weighted by molar-refractivity contribution is -0.161. The molecule has 0 bridgehead atoms. The molecule has 8 nitrogen and oxygen atoms in total. The lowest BCUT2D eigenvalue weighted by Crippen LogP contribution is -2.29. The Morgan fingerprint density at radius 3 is 1.44 bits per heavy atom. The Kier molecular flexibility index (Phi) is 31.8. The molecule has 0 fully saturated rings. The zero-order valence-corrected chi connectivity index (χ0v) is 30.2. The standard InChI is InChI=1S/C36H69O8P/c1-4-6-8-10-12-14-16-17-18-19-20-21-23-25-27-29-31-36(38)44-34(33-43-45(39,40)41-3)32-42-35(37)30-28-26-24-22-15-13-11-9-7-5-2/h18-19,34H,4-17,20-33H2,1-3H3,(H,39,40)/b19-18-. The van der Waals surface area contributed by atoms with Crippen LogP contribution in [0.25, 0.3) is 0 Å². The summed E-state index contributed by atoms with van der Waals surface area (Å²) in [6, 6.07) is 0. The van der Waals surface area contributed by atoms with Gasteiger partial charge in [-0.3, -0.25) is 18.6 Å². The second kappa shape index (κ2) is 32.7. The average Bonchev–Trinajstić information content (AvgIpc) is 3.03. The number of hydrogen-bond acceptors (Lipinski definition) is 7. The van der Waals surface area contributed by atoms with E-state index in [2.05, 4.69) is 30.5 Å². The normalized spacial score (nSPS) is 13.6. The highest BCUT2D eigenvalue weighted by atomic mass is 31.2. The fourth-order valence-electron chi connectivity index (χ4n) is 5.12. The summed E-state index contributed by atoms with van der Waals surface area (Å²) < 4.78 is 31.8. The van der Waals surface area contributed by atoms with Gasteiger partial charge in [0.15, 0.2) is 6.10 Å². The van der Waals surface area contributed by atoms with Gasteiger partial charge < -0.3 is 14.4 Å². The molecule has 0 aliphatic rings.